The molecule has 4 atom stereocenters. The lowest BCUT2D eigenvalue weighted by Gasteiger charge is -2.19. The minimum Gasteiger partial charge on any atom is -0.274 e. The molecule has 0 N–H and O–H groups in total. The van der Waals surface area contributed by atoms with Crippen molar-refractivity contribution >= 4 is 28.3 Å². The Bertz CT molecular complexity index is 598. The van der Waals surface area contributed by atoms with Crippen LogP contribution in [0.15, 0.2) is 23.7 Å². The summed E-state index contributed by atoms with van der Waals surface area (Å²) in [5.41, 5.74) is 0.273. The van der Waals surface area contributed by atoms with Crippen molar-refractivity contribution in [2.45, 2.75) is 12.8 Å². The van der Waals surface area contributed by atoms with Crippen LogP contribution in [0, 0.1) is 29.1 Å². The molecule has 0 unspecified atom stereocenters. The predicted octanol–water partition coefficient (Wildman–Crippen LogP) is 1.84. The third kappa shape index (κ3) is 0.982. The molecule has 2 bridgehead atoms. The first kappa shape index (κ1) is 10.3. The Hall–Kier alpha value is -1.49. The summed E-state index contributed by atoms with van der Waals surface area (Å²) in [6.45, 7) is 0. The van der Waals surface area contributed by atoms with E-state index >= 15 is 0 Å². The molecule has 5 rings (SSSR count). The maximum Gasteiger partial charge on any atom is 0.240 e. The van der Waals surface area contributed by atoms with Crippen molar-refractivity contribution < 1.29 is 9.59 Å². The molecule has 3 fully saturated rings. The molecular formula is C14H12N2O2S. The zero-order chi connectivity index (χ0) is 12.8. The average Bonchev–Trinajstić information content (AvgIpc) is 2.70. The van der Waals surface area contributed by atoms with Gasteiger partial charge in [0.2, 0.25) is 11.8 Å². The van der Waals surface area contributed by atoms with Gasteiger partial charge in [0.1, 0.15) is 0 Å². The summed E-state index contributed by atoms with van der Waals surface area (Å²) in [6, 6.07) is 0. The minimum atomic E-state index is -0.117. The van der Waals surface area contributed by atoms with E-state index in [0.717, 1.165) is 0 Å². The molecule has 4 aliphatic rings. The van der Waals surface area contributed by atoms with Gasteiger partial charge >= 0.3 is 0 Å². The summed E-state index contributed by atoms with van der Waals surface area (Å²) < 4.78 is 0. The van der Waals surface area contributed by atoms with Gasteiger partial charge in [-0.25, -0.2) is 9.88 Å². The molecule has 1 saturated heterocycles. The molecule has 1 aromatic heterocycles. The lowest BCUT2D eigenvalue weighted by molar-refractivity contribution is -0.123. The second-order valence-electron chi connectivity index (χ2n) is 6.05. The topological polar surface area (TPSA) is 50.3 Å². The maximum atomic E-state index is 12.6. The summed E-state index contributed by atoms with van der Waals surface area (Å²) in [7, 11) is 0. The summed E-state index contributed by atoms with van der Waals surface area (Å²) in [6.07, 6.45) is 8.38. The van der Waals surface area contributed by atoms with Gasteiger partial charge in [0.15, 0.2) is 5.13 Å². The molecule has 3 aliphatic carbocycles. The van der Waals surface area contributed by atoms with Crippen LogP contribution in [-0.4, -0.2) is 16.8 Å². The molecule has 1 spiro atoms. The number of carbonyl (C=O) groups excluding carboxylic acids is 2. The molecule has 2 saturated carbocycles. The van der Waals surface area contributed by atoms with Crippen LogP contribution >= 0.6 is 11.3 Å². The van der Waals surface area contributed by atoms with Crippen LogP contribution in [0.2, 0.25) is 0 Å². The fourth-order valence-corrected chi connectivity index (χ4v) is 5.24. The van der Waals surface area contributed by atoms with Gasteiger partial charge in [-0.1, -0.05) is 12.2 Å². The first-order valence-corrected chi connectivity index (χ1v) is 7.58. The normalized spacial score (nSPS) is 40.5. The van der Waals surface area contributed by atoms with E-state index in [2.05, 4.69) is 17.1 Å². The van der Waals surface area contributed by atoms with Gasteiger partial charge in [0, 0.05) is 11.6 Å². The van der Waals surface area contributed by atoms with Gasteiger partial charge < -0.3 is 0 Å². The lowest BCUT2D eigenvalue weighted by Crippen LogP contribution is -2.34. The van der Waals surface area contributed by atoms with Crippen molar-refractivity contribution in [2.75, 3.05) is 4.90 Å². The van der Waals surface area contributed by atoms with Crippen LogP contribution < -0.4 is 4.90 Å². The van der Waals surface area contributed by atoms with E-state index in [1.807, 2.05) is 0 Å². The highest BCUT2D eigenvalue weighted by molar-refractivity contribution is 7.14. The van der Waals surface area contributed by atoms with Gasteiger partial charge in [-0.15, -0.1) is 11.3 Å². The standard InChI is InChI=1S/C14H12N2O2S/c17-11-9-7-1-2-8(14(7)3-4-14)10(9)12(18)16(11)13-15-5-6-19-13/h1-2,5-10H,3-4H2/t7-,8-,9-,10-/m0/s1. The number of amides is 2. The molecular weight excluding hydrogens is 260 g/mol. The van der Waals surface area contributed by atoms with Crippen LogP contribution in [0.3, 0.4) is 0 Å². The van der Waals surface area contributed by atoms with Gasteiger partial charge in [-0.05, 0) is 30.1 Å². The highest BCUT2D eigenvalue weighted by Crippen LogP contribution is 2.73. The molecule has 1 aliphatic heterocycles. The van der Waals surface area contributed by atoms with Crippen molar-refractivity contribution in [3.05, 3.63) is 23.7 Å². The van der Waals surface area contributed by atoms with Gasteiger partial charge in [-0.3, -0.25) is 9.59 Å². The smallest absolute Gasteiger partial charge is 0.240 e. The number of fused-ring (bicyclic) bond motifs is 3. The van der Waals surface area contributed by atoms with Crippen LogP contribution in [0.5, 0.6) is 0 Å². The van der Waals surface area contributed by atoms with Gasteiger partial charge in [0.25, 0.3) is 0 Å². The number of thiazole rings is 1. The Morgan fingerprint density at radius 1 is 1.16 bits per heavy atom. The van der Waals surface area contributed by atoms with Crippen molar-refractivity contribution in [2.24, 2.45) is 29.1 Å². The van der Waals surface area contributed by atoms with Gasteiger partial charge in [-0.2, -0.15) is 0 Å². The lowest BCUT2D eigenvalue weighted by atomic mass is 9.85. The van der Waals surface area contributed by atoms with Crippen molar-refractivity contribution in [3.63, 3.8) is 0 Å². The molecule has 1 aromatic rings. The summed E-state index contributed by atoms with van der Waals surface area (Å²) in [4.78, 5) is 30.7. The van der Waals surface area contributed by atoms with Crippen molar-refractivity contribution in [1.29, 1.82) is 0 Å². The van der Waals surface area contributed by atoms with Crippen molar-refractivity contribution in [3.8, 4) is 0 Å². The molecule has 96 valence electrons. The Labute approximate surface area is 114 Å². The van der Waals surface area contributed by atoms with E-state index in [9.17, 15) is 9.59 Å². The number of allylic oxidation sites excluding steroid dienone is 2. The van der Waals surface area contributed by atoms with Crippen molar-refractivity contribution in [1.82, 2.24) is 4.98 Å². The Balaban J connectivity index is 1.62. The second-order valence-corrected chi connectivity index (χ2v) is 6.92. The number of anilines is 1. The molecule has 4 nitrogen and oxygen atoms in total. The molecule has 0 radical (unpaired) electrons. The maximum absolute atomic E-state index is 12.6. The molecule has 0 aromatic carbocycles. The molecule has 2 amide bonds. The second kappa shape index (κ2) is 2.98. The third-order valence-electron chi connectivity index (χ3n) is 5.46. The number of rotatable bonds is 1. The minimum absolute atomic E-state index is 0.0203. The number of imide groups is 1. The highest BCUT2D eigenvalue weighted by atomic mass is 32.1. The Morgan fingerprint density at radius 2 is 1.79 bits per heavy atom. The third-order valence-corrected chi connectivity index (χ3v) is 6.22. The van der Waals surface area contributed by atoms with Crippen LogP contribution in [0.1, 0.15) is 12.8 Å². The average molecular weight is 272 g/mol. The van der Waals surface area contributed by atoms with E-state index in [4.69, 9.17) is 0 Å². The van der Waals surface area contributed by atoms with E-state index in [1.165, 1.54) is 29.1 Å². The number of aromatic nitrogens is 1. The number of nitrogens with zero attached hydrogens (tertiary/aromatic N) is 2. The zero-order valence-electron chi connectivity index (χ0n) is 10.2. The summed E-state index contributed by atoms with van der Waals surface area (Å²) in [5, 5.41) is 2.34. The molecule has 19 heavy (non-hydrogen) atoms. The fourth-order valence-electron chi connectivity index (χ4n) is 4.59. The predicted molar refractivity (Wildman–Crippen MR) is 69.4 cm³/mol. The Kier molecular flexibility index (Phi) is 1.62. The summed E-state index contributed by atoms with van der Waals surface area (Å²) in [5.74, 6) is 0.316. The quantitative estimate of drug-likeness (QED) is 0.579. The van der Waals surface area contributed by atoms with E-state index in [0.29, 0.717) is 17.0 Å². The van der Waals surface area contributed by atoms with Gasteiger partial charge in [0.05, 0.1) is 11.8 Å². The molecule has 2 heterocycles. The first-order chi connectivity index (χ1) is 9.24. The number of hydrogen-bond acceptors (Lipinski definition) is 4. The number of carbonyl (C=O) groups is 2. The molecule has 5 heteroatoms. The van der Waals surface area contributed by atoms with Crippen LogP contribution in [-0.2, 0) is 9.59 Å². The van der Waals surface area contributed by atoms with E-state index < -0.39 is 0 Å². The monoisotopic (exact) mass is 272 g/mol. The number of hydrogen-bond donors (Lipinski definition) is 0. The zero-order valence-corrected chi connectivity index (χ0v) is 11.0. The fraction of sp³-hybridized carbons (Fsp3) is 0.500. The Morgan fingerprint density at radius 3 is 2.26 bits per heavy atom. The summed E-state index contributed by atoms with van der Waals surface area (Å²) >= 11 is 1.36. The van der Waals surface area contributed by atoms with E-state index in [-0.39, 0.29) is 29.1 Å². The van der Waals surface area contributed by atoms with Crippen LogP contribution in [0.4, 0.5) is 5.13 Å². The SMILES string of the molecule is O=C1[C@@H]2[C@@H](C(=O)N1c1nccs1)[C@@H]1C=C[C@@H]2C12CC2. The first-order valence-electron chi connectivity index (χ1n) is 6.70. The van der Waals surface area contributed by atoms with Crippen LogP contribution in [0.25, 0.3) is 0 Å². The largest absolute Gasteiger partial charge is 0.274 e. The highest BCUT2D eigenvalue weighted by Gasteiger charge is 2.73. The van der Waals surface area contributed by atoms with E-state index in [1.54, 1.807) is 11.6 Å².